The molecule has 1 heterocycles. The number of aliphatic imine (C=N–C) groups is 1. The molecule has 2 aromatic rings. The molecule has 2 aliphatic rings. The lowest BCUT2D eigenvalue weighted by Crippen LogP contribution is -2.53. The number of carbonyl (C=O) groups excluding carboxylic acids is 2. The van der Waals surface area contributed by atoms with E-state index in [0.29, 0.717) is 24.5 Å². The summed E-state index contributed by atoms with van der Waals surface area (Å²) in [6, 6.07) is 8.78. The quantitative estimate of drug-likeness (QED) is 0.709. The van der Waals surface area contributed by atoms with Gasteiger partial charge in [-0.3, -0.25) is 19.5 Å². The van der Waals surface area contributed by atoms with E-state index in [1.807, 2.05) is 19.1 Å². The molecule has 1 aliphatic carbocycles. The van der Waals surface area contributed by atoms with Gasteiger partial charge < -0.3 is 10.5 Å². The summed E-state index contributed by atoms with van der Waals surface area (Å²) in [5.41, 5.74) is 6.50. The first-order valence-corrected chi connectivity index (χ1v) is 11.1. The summed E-state index contributed by atoms with van der Waals surface area (Å²) in [7, 11) is 1.62. The van der Waals surface area contributed by atoms with Crippen LogP contribution in [0.15, 0.2) is 47.5 Å². The number of methoxy groups -OCH3 is 1. The number of nitrogens with two attached hydrogens (primary N) is 1. The van der Waals surface area contributed by atoms with Crippen LogP contribution in [0, 0.1) is 11.6 Å². The SMILES string of the molecule is COC(C)c1ccc(C2=NC3(CCCCC3)N(C(C(N)=O)c3cc(F)cc(F)c3)C2=O)cc1. The van der Waals surface area contributed by atoms with Crippen molar-refractivity contribution in [3.05, 3.63) is 70.8 Å². The lowest BCUT2D eigenvalue weighted by atomic mass is 9.86. The number of benzene rings is 2. The lowest BCUT2D eigenvalue weighted by molar-refractivity contribution is -0.141. The van der Waals surface area contributed by atoms with Crippen molar-refractivity contribution < 1.29 is 23.1 Å². The number of primary amides is 1. The fourth-order valence-corrected chi connectivity index (χ4v) is 4.85. The average Bonchev–Trinajstić information content (AvgIpc) is 3.05. The fourth-order valence-electron chi connectivity index (χ4n) is 4.85. The molecule has 8 heteroatoms. The first-order valence-electron chi connectivity index (χ1n) is 11.1. The van der Waals surface area contributed by atoms with Gasteiger partial charge in [-0.25, -0.2) is 8.78 Å². The van der Waals surface area contributed by atoms with Crippen molar-refractivity contribution in [3.8, 4) is 0 Å². The molecule has 2 aromatic carbocycles. The first kappa shape index (κ1) is 23.0. The molecule has 6 nitrogen and oxygen atoms in total. The molecule has 174 valence electrons. The third-order valence-corrected chi connectivity index (χ3v) is 6.58. The van der Waals surface area contributed by atoms with Gasteiger partial charge >= 0.3 is 0 Å². The zero-order valence-electron chi connectivity index (χ0n) is 18.7. The van der Waals surface area contributed by atoms with Gasteiger partial charge in [-0.05, 0) is 55.9 Å². The van der Waals surface area contributed by atoms with Gasteiger partial charge in [0.05, 0.1) is 6.10 Å². The van der Waals surface area contributed by atoms with Crippen LogP contribution in [0.4, 0.5) is 8.78 Å². The van der Waals surface area contributed by atoms with Crippen LogP contribution < -0.4 is 5.73 Å². The molecular weight excluding hydrogens is 428 g/mol. The first-order chi connectivity index (χ1) is 15.8. The van der Waals surface area contributed by atoms with Crippen LogP contribution in [0.1, 0.15) is 67.9 Å². The summed E-state index contributed by atoms with van der Waals surface area (Å²) in [4.78, 5) is 32.5. The Morgan fingerprint density at radius 1 is 1.06 bits per heavy atom. The molecule has 33 heavy (non-hydrogen) atoms. The Kier molecular flexibility index (Phi) is 6.30. The molecule has 1 aliphatic heterocycles. The van der Waals surface area contributed by atoms with Crippen molar-refractivity contribution in [2.75, 3.05) is 7.11 Å². The Morgan fingerprint density at radius 2 is 1.67 bits per heavy atom. The zero-order valence-corrected chi connectivity index (χ0v) is 18.7. The highest BCUT2D eigenvalue weighted by atomic mass is 19.1. The van der Waals surface area contributed by atoms with Crippen LogP contribution in [0.2, 0.25) is 0 Å². The number of carbonyl (C=O) groups is 2. The predicted octanol–water partition coefficient (Wildman–Crippen LogP) is 4.19. The van der Waals surface area contributed by atoms with Crippen LogP contribution in [0.25, 0.3) is 0 Å². The Labute approximate surface area is 191 Å². The minimum absolute atomic E-state index is 0.000911. The standard InChI is InChI=1S/C25H27F2N3O3/c1-15(33-2)16-6-8-17(9-7-16)21-24(32)30(25(29-21)10-4-3-5-11-25)22(23(28)31)18-12-19(26)14-20(27)13-18/h6-9,12-15,22H,3-5,10-11H2,1-2H3,(H2,28,31). The molecular formula is C25H27F2N3O3. The highest BCUT2D eigenvalue weighted by Gasteiger charge is 2.52. The van der Waals surface area contributed by atoms with Crippen LogP contribution in [0.5, 0.6) is 0 Å². The second-order valence-corrected chi connectivity index (χ2v) is 8.69. The highest BCUT2D eigenvalue weighted by molar-refractivity contribution is 6.47. The van der Waals surface area contributed by atoms with E-state index in [-0.39, 0.29) is 17.4 Å². The van der Waals surface area contributed by atoms with Gasteiger partial charge in [0.15, 0.2) is 0 Å². The van der Waals surface area contributed by atoms with E-state index in [9.17, 15) is 18.4 Å². The van der Waals surface area contributed by atoms with Gasteiger partial charge in [-0.1, -0.05) is 30.7 Å². The van der Waals surface area contributed by atoms with E-state index in [1.165, 1.54) is 4.90 Å². The van der Waals surface area contributed by atoms with Gasteiger partial charge in [0, 0.05) is 18.7 Å². The second-order valence-electron chi connectivity index (χ2n) is 8.69. The Balaban J connectivity index is 1.79. The highest BCUT2D eigenvalue weighted by Crippen LogP contribution is 2.44. The molecule has 1 saturated carbocycles. The van der Waals surface area contributed by atoms with Gasteiger partial charge in [0.25, 0.3) is 5.91 Å². The number of hydrogen-bond donors (Lipinski definition) is 1. The maximum absolute atomic E-state index is 14.0. The Hall–Kier alpha value is -3.13. The van der Waals surface area contributed by atoms with E-state index in [2.05, 4.69) is 0 Å². The van der Waals surface area contributed by atoms with Crippen molar-refractivity contribution in [1.29, 1.82) is 0 Å². The van der Waals surface area contributed by atoms with Crippen molar-refractivity contribution in [2.45, 2.75) is 56.8 Å². The van der Waals surface area contributed by atoms with Crippen molar-refractivity contribution >= 4 is 17.5 Å². The molecule has 0 saturated heterocycles. The number of hydrogen-bond acceptors (Lipinski definition) is 4. The number of nitrogens with zero attached hydrogens (tertiary/aromatic N) is 2. The minimum atomic E-state index is -1.34. The normalized spacial score (nSPS) is 19.5. The third-order valence-electron chi connectivity index (χ3n) is 6.58. The Bertz CT molecular complexity index is 1070. The van der Waals surface area contributed by atoms with Crippen LogP contribution in [0.3, 0.4) is 0 Å². The molecule has 1 spiro atoms. The minimum Gasteiger partial charge on any atom is -0.377 e. The van der Waals surface area contributed by atoms with E-state index in [1.54, 1.807) is 19.2 Å². The number of rotatable bonds is 6. The maximum atomic E-state index is 14.0. The van der Waals surface area contributed by atoms with Crippen LogP contribution >= 0.6 is 0 Å². The molecule has 0 aromatic heterocycles. The third kappa shape index (κ3) is 4.27. The van der Waals surface area contributed by atoms with Crippen LogP contribution in [-0.2, 0) is 14.3 Å². The molecule has 2 atom stereocenters. The molecule has 2 unspecified atom stereocenters. The number of ether oxygens (including phenoxy) is 1. The summed E-state index contributed by atoms with van der Waals surface area (Å²) in [6.07, 6.45) is 3.59. The molecule has 4 rings (SSSR count). The van der Waals surface area contributed by atoms with Crippen molar-refractivity contribution in [3.63, 3.8) is 0 Å². The van der Waals surface area contributed by atoms with Crippen molar-refractivity contribution in [2.24, 2.45) is 10.7 Å². The van der Waals surface area contributed by atoms with E-state index in [4.69, 9.17) is 15.5 Å². The fraction of sp³-hybridized carbons (Fsp3) is 0.400. The van der Waals surface area contributed by atoms with Gasteiger partial charge in [0.1, 0.15) is 29.1 Å². The van der Waals surface area contributed by atoms with E-state index in [0.717, 1.165) is 37.0 Å². The molecule has 2 N–H and O–H groups in total. The summed E-state index contributed by atoms with van der Waals surface area (Å²) < 4.78 is 33.4. The van der Waals surface area contributed by atoms with E-state index < -0.39 is 35.2 Å². The molecule has 2 amide bonds. The van der Waals surface area contributed by atoms with Gasteiger partial charge in [-0.15, -0.1) is 0 Å². The summed E-state index contributed by atoms with van der Waals surface area (Å²) >= 11 is 0. The summed E-state index contributed by atoms with van der Waals surface area (Å²) in [5, 5.41) is 0. The smallest absolute Gasteiger partial charge is 0.275 e. The van der Waals surface area contributed by atoms with Gasteiger partial charge in [0.2, 0.25) is 5.91 Å². The second kappa shape index (κ2) is 9.02. The lowest BCUT2D eigenvalue weighted by Gasteiger charge is -2.42. The monoisotopic (exact) mass is 455 g/mol. The van der Waals surface area contributed by atoms with Gasteiger partial charge in [-0.2, -0.15) is 0 Å². The summed E-state index contributed by atoms with van der Waals surface area (Å²) in [5.74, 6) is -3.02. The average molecular weight is 456 g/mol. The van der Waals surface area contributed by atoms with Crippen molar-refractivity contribution in [1.82, 2.24) is 4.90 Å². The number of amides is 2. The van der Waals surface area contributed by atoms with Crippen LogP contribution in [-0.4, -0.2) is 35.2 Å². The summed E-state index contributed by atoms with van der Waals surface area (Å²) in [6.45, 7) is 1.92. The van der Waals surface area contributed by atoms with E-state index >= 15 is 0 Å². The number of halogens is 2. The molecule has 0 radical (unpaired) electrons. The topological polar surface area (TPSA) is 85.0 Å². The zero-order chi connectivity index (χ0) is 23.8. The predicted molar refractivity (Wildman–Crippen MR) is 119 cm³/mol. The maximum Gasteiger partial charge on any atom is 0.275 e. The largest absolute Gasteiger partial charge is 0.377 e. The Morgan fingerprint density at radius 3 is 2.21 bits per heavy atom. The molecule has 0 bridgehead atoms. The molecule has 1 fully saturated rings.